The molecule has 2 unspecified atom stereocenters. The van der Waals surface area contributed by atoms with Crippen LogP contribution in [0.15, 0.2) is 48.5 Å². The number of unbranched alkanes of at least 4 members (excludes halogenated alkanes) is 2. The van der Waals surface area contributed by atoms with Crippen molar-refractivity contribution in [3.8, 4) is 0 Å². The predicted molar refractivity (Wildman–Crippen MR) is 114 cm³/mol. The molecule has 1 amide bonds. The fourth-order valence-electron chi connectivity index (χ4n) is 3.33. The molecule has 2 atom stereocenters. The highest BCUT2D eigenvalue weighted by molar-refractivity contribution is 6.30. The van der Waals surface area contributed by atoms with Gasteiger partial charge in [0.1, 0.15) is 0 Å². The predicted octanol–water partition coefficient (Wildman–Crippen LogP) is 6.45. The lowest BCUT2D eigenvalue weighted by atomic mass is 9.86. The van der Waals surface area contributed by atoms with E-state index in [2.05, 4.69) is 5.32 Å². The van der Waals surface area contributed by atoms with Gasteiger partial charge in [-0.15, -0.1) is 0 Å². The van der Waals surface area contributed by atoms with Crippen LogP contribution in [-0.2, 0) is 16.0 Å². The summed E-state index contributed by atoms with van der Waals surface area (Å²) in [5.74, 6) is -4.87. The zero-order chi connectivity index (χ0) is 23.0. The van der Waals surface area contributed by atoms with Gasteiger partial charge in [-0.25, -0.2) is 0 Å². The molecule has 2 rings (SSSR count). The van der Waals surface area contributed by atoms with E-state index in [1.807, 2.05) is 6.07 Å². The molecule has 8 heteroatoms. The largest absolute Gasteiger partial charge is 0.481 e. The van der Waals surface area contributed by atoms with Crippen LogP contribution in [0.25, 0.3) is 0 Å². The van der Waals surface area contributed by atoms with Crippen LogP contribution in [0.1, 0.15) is 49.7 Å². The molecule has 0 radical (unpaired) electrons. The second-order valence-electron chi connectivity index (χ2n) is 7.50. The molecule has 0 spiro atoms. The summed E-state index contributed by atoms with van der Waals surface area (Å²) in [4.78, 5) is 23.4. The molecule has 0 bridgehead atoms. The van der Waals surface area contributed by atoms with Crippen molar-refractivity contribution >= 4 is 29.2 Å². The lowest BCUT2D eigenvalue weighted by molar-refractivity contribution is -0.178. The first kappa shape index (κ1) is 24.7. The Morgan fingerprint density at radius 3 is 2.35 bits per heavy atom. The molecule has 4 nitrogen and oxygen atoms in total. The van der Waals surface area contributed by atoms with Crippen molar-refractivity contribution in [3.05, 3.63) is 64.7 Å². The van der Waals surface area contributed by atoms with Gasteiger partial charge in [-0.3, -0.25) is 9.59 Å². The quantitative estimate of drug-likeness (QED) is 0.405. The number of hydrogen-bond acceptors (Lipinski definition) is 2. The monoisotopic (exact) mass is 455 g/mol. The second-order valence-corrected chi connectivity index (χ2v) is 7.94. The Morgan fingerprint density at radius 2 is 1.74 bits per heavy atom. The van der Waals surface area contributed by atoms with Gasteiger partial charge in [-0.2, -0.15) is 13.2 Å². The van der Waals surface area contributed by atoms with Gasteiger partial charge in [0.25, 0.3) is 0 Å². The van der Waals surface area contributed by atoms with Gasteiger partial charge < -0.3 is 10.4 Å². The number of amides is 1. The summed E-state index contributed by atoms with van der Waals surface area (Å²) in [5, 5.41) is 11.7. The first-order valence-corrected chi connectivity index (χ1v) is 10.4. The average Bonchev–Trinajstić information content (AvgIpc) is 2.68. The Kier molecular flexibility index (Phi) is 8.92. The topological polar surface area (TPSA) is 66.4 Å². The zero-order valence-corrected chi connectivity index (χ0v) is 17.8. The molecule has 2 aromatic rings. The van der Waals surface area contributed by atoms with E-state index in [-0.39, 0.29) is 12.0 Å². The van der Waals surface area contributed by atoms with Crippen molar-refractivity contribution in [1.29, 1.82) is 0 Å². The van der Waals surface area contributed by atoms with Crippen LogP contribution < -0.4 is 5.32 Å². The summed E-state index contributed by atoms with van der Waals surface area (Å²) in [7, 11) is 0. The molecular formula is C23H25ClF3NO3. The van der Waals surface area contributed by atoms with Gasteiger partial charge in [-0.1, -0.05) is 49.2 Å². The first-order chi connectivity index (χ1) is 14.6. The Labute approximate surface area is 184 Å². The number of nitrogens with one attached hydrogen (secondary N) is 1. The molecule has 0 aromatic heterocycles. The second kappa shape index (κ2) is 11.2. The van der Waals surface area contributed by atoms with Crippen LogP contribution >= 0.6 is 11.6 Å². The highest BCUT2D eigenvalue weighted by Crippen LogP contribution is 2.38. The summed E-state index contributed by atoms with van der Waals surface area (Å²) in [5.41, 5.74) is 1.57. The highest BCUT2D eigenvalue weighted by Gasteiger charge is 2.44. The fourth-order valence-corrected chi connectivity index (χ4v) is 3.46. The number of carboxylic acids is 1. The molecule has 2 N–H and O–H groups in total. The van der Waals surface area contributed by atoms with Crippen LogP contribution in [0.4, 0.5) is 18.9 Å². The number of aliphatic carboxylic acids is 1. The van der Waals surface area contributed by atoms with E-state index >= 15 is 0 Å². The number of benzene rings is 2. The number of hydrogen-bond donors (Lipinski definition) is 2. The minimum absolute atomic E-state index is 0.125. The molecule has 0 saturated carbocycles. The molecule has 2 aromatic carbocycles. The zero-order valence-electron chi connectivity index (χ0n) is 17.1. The van der Waals surface area contributed by atoms with Crippen LogP contribution in [0.2, 0.25) is 5.02 Å². The summed E-state index contributed by atoms with van der Waals surface area (Å²) in [6.07, 6.45) is -1.61. The maximum absolute atomic E-state index is 13.4. The molecule has 0 aliphatic carbocycles. The molecule has 0 saturated heterocycles. The number of carbonyl (C=O) groups excluding carboxylic acids is 1. The van der Waals surface area contributed by atoms with Crippen LogP contribution in [0, 0.1) is 5.92 Å². The fraction of sp³-hybridized carbons (Fsp3) is 0.391. The first-order valence-electron chi connectivity index (χ1n) is 10.0. The van der Waals surface area contributed by atoms with Crippen LogP contribution in [-0.4, -0.2) is 23.2 Å². The van der Waals surface area contributed by atoms with Crippen molar-refractivity contribution in [3.63, 3.8) is 0 Å². The van der Waals surface area contributed by atoms with Crippen LogP contribution in [0.5, 0.6) is 0 Å². The van der Waals surface area contributed by atoms with E-state index in [9.17, 15) is 22.8 Å². The molecule has 0 heterocycles. The Bertz CT molecular complexity index is 884. The maximum Gasteiger partial charge on any atom is 0.392 e. The van der Waals surface area contributed by atoms with Crippen molar-refractivity contribution in [2.24, 2.45) is 5.92 Å². The molecule has 168 valence electrons. The minimum atomic E-state index is -4.54. The Morgan fingerprint density at radius 1 is 1.06 bits per heavy atom. The van der Waals surface area contributed by atoms with Gasteiger partial charge in [0.15, 0.2) is 0 Å². The molecule has 0 aliphatic rings. The third-order valence-electron chi connectivity index (χ3n) is 5.08. The Hall–Kier alpha value is -2.54. The van der Waals surface area contributed by atoms with Crippen molar-refractivity contribution in [2.75, 3.05) is 5.32 Å². The number of rotatable bonds is 10. The number of aryl methyl sites for hydroxylation is 1. The van der Waals surface area contributed by atoms with Gasteiger partial charge in [-0.05, 0) is 54.7 Å². The third kappa shape index (κ3) is 7.90. The molecule has 0 fully saturated rings. The molecule has 31 heavy (non-hydrogen) atoms. The summed E-state index contributed by atoms with van der Waals surface area (Å²) in [6, 6.07) is 12.7. The SMILES string of the molecule is CC(C(C(=O)Nc1cccc(CCCCCC(=O)O)c1)c1ccc(Cl)cc1)C(F)(F)F. The van der Waals surface area contributed by atoms with Gasteiger partial charge in [0.2, 0.25) is 5.91 Å². The van der Waals surface area contributed by atoms with E-state index < -0.39 is 29.9 Å². The van der Waals surface area contributed by atoms with Crippen molar-refractivity contribution in [1.82, 2.24) is 0 Å². The average molecular weight is 456 g/mol. The normalized spacial score (nSPS) is 13.5. The minimum Gasteiger partial charge on any atom is -0.481 e. The van der Waals surface area contributed by atoms with E-state index in [0.29, 0.717) is 23.6 Å². The number of anilines is 1. The molecule has 0 aliphatic heterocycles. The van der Waals surface area contributed by atoms with E-state index in [4.69, 9.17) is 16.7 Å². The van der Waals surface area contributed by atoms with Gasteiger partial charge in [0, 0.05) is 17.1 Å². The van der Waals surface area contributed by atoms with Gasteiger partial charge in [0.05, 0.1) is 11.8 Å². The molecular weight excluding hydrogens is 431 g/mol. The van der Waals surface area contributed by atoms with E-state index in [1.165, 1.54) is 24.3 Å². The lowest BCUT2D eigenvalue weighted by Crippen LogP contribution is -2.34. The number of carboxylic acid groups (broad SMARTS) is 1. The Balaban J connectivity index is 2.10. The number of carbonyl (C=O) groups is 2. The van der Waals surface area contributed by atoms with E-state index in [1.54, 1.807) is 18.2 Å². The van der Waals surface area contributed by atoms with E-state index in [0.717, 1.165) is 25.3 Å². The third-order valence-corrected chi connectivity index (χ3v) is 5.33. The van der Waals surface area contributed by atoms with Crippen molar-refractivity contribution < 1.29 is 27.9 Å². The lowest BCUT2D eigenvalue weighted by Gasteiger charge is -2.26. The smallest absolute Gasteiger partial charge is 0.392 e. The van der Waals surface area contributed by atoms with Crippen LogP contribution in [0.3, 0.4) is 0 Å². The summed E-state index contributed by atoms with van der Waals surface area (Å²) in [6.45, 7) is 0.992. The maximum atomic E-state index is 13.4. The van der Waals surface area contributed by atoms with Crippen molar-refractivity contribution in [2.45, 2.75) is 51.1 Å². The highest BCUT2D eigenvalue weighted by atomic mass is 35.5. The standard InChI is InChI=1S/C23H25ClF3NO3/c1-15(23(25,26)27)21(17-10-12-18(24)13-11-17)22(31)28-19-8-5-7-16(14-19)6-3-2-4-9-20(29)30/h5,7-8,10-15,21H,2-4,6,9H2,1H3,(H,28,31)(H,29,30). The summed E-state index contributed by atoms with van der Waals surface area (Å²) >= 11 is 5.84. The number of alkyl halides is 3. The number of halogens is 4. The van der Waals surface area contributed by atoms with Gasteiger partial charge >= 0.3 is 12.1 Å². The summed E-state index contributed by atoms with van der Waals surface area (Å²) < 4.78 is 40.3.